The molecule has 0 fully saturated rings. The Kier molecular flexibility index (Phi) is 6.09. The third-order valence-corrected chi connectivity index (χ3v) is 2.36. The van der Waals surface area contributed by atoms with E-state index in [0.717, 1.165) is 6.08 Å². The Morgan fingerprint density at radius 2 is 2.15 bits per heavy atom. The number of benzene rings is 1. The van der Waals surface area contributed by atoms with Crippen LogP contribution in [0.25, 0.3) is 6.08 Å². The summed E-state index contributed by atoms with van der Waals surface area (Å²) in [5.41, 5.74) is 0.553. The highest BCUT2D eigenvalue weighted by atomic mass is 16.5. The minimum Gasteiger partial charge on any atom is -0.497 e. The second-order valence-electron chi connectivity index (χ2n) is 3.82. The predicted octanol–water partition coefficient (Wildman–Crippen LogP) is 1.31. The van der Waals surface area contributed by atoms with Crippen LogP contribution in [-0.2, 0) is 9.59 Å². The molecule has 0 aromatic heterocycles. The molecule has 0 heterocycles. The highest BCUT2D eigenvalue weighted by molar-refractivity contribution is 5.86. The summed E-state index contributed by atoms with van der Waals surface area (Å²) >= 11 is 0. The van der Waals surface area contributed by atoms with Crippen LogP contribution >= 0.6 is 0 Å². The first-order valence-corrected chi connectivity index (χ1v) is 6.05. The van der Waals surface area contributed by atoms with Gasteiger partial charge in [-0.25, -0.2) is 4.79 Å². The molecule has 0 spiro atoms. The first kappa shape index (κ1) is 15.6. The summed E-state index contributed by atoms with van der Waals surface area (Å²) < 4.78 is 10.5. The van der Waals surface area contributed by atoms with Crippen molar-refractivity contribution in [2.75, 3.05) is 20.3 Å². The zero-order chi connectivity index (χ0) is 15.0. The molecular formula is C14H17NO5. The van der Waals surface area contributed by atoms with Gasteiger partial charge >= 0.3 is 5.97 Å². The number of carbonyl (C=O) groups excluding carboxylic acids is 1. The lowest BCUT2D eigenvalue weighted by atomic mass is 10.1. The van der Waals surface area contributed by atoms with E-state index in [1.54, 1.807) is 18.2 Å². The van der Waals surface area contributed by atoms with Crippen LogP contribution in [0.1, 0.15) is 12.5 Å². The number of aliphatic carboxylic acids is 1. The van der Waals surface area contributed by atoms with E-state index in [4.69, 9.17) is 14.6 Å². The lowest BCUT2D eigenvalue weighted by Gasteiger charge is -2.10. The van der Waals surface area contributed by atoms with Crippen LogP contribution in [0.2, 0.25) is 0 Å². The van der Waals surface area contributed by atoms with E-state index < -0.39 is 5.97 Å². The molecule has 0 aliphatic carbocycles. The number of nitrogens with one attached hydrogen (secondary N) is 1. The Hall–Kier alpha value is -2.50. The maximum Gasteiger partial charge on any atom is 0.328 e. The van der Waals surface area contributed by atoms with Crippen LogP contribution in [-0.4, -0.2) is 37.2 Å². The van der Waals surface area contributed by atoms with E-state index in [0.29, 0.717) is 23.6 Å². The van der Waals surface area contributed by atoms with Crippen LogP contribution in [0.15, 0.2) is 24.3 Å². The molecule has 0 radical (unpaired) electrons. The van der Waals surface area contributed by atoms with Crippen molar-refractivity contribution in [2.45, 2.75) is 6.92 Å². The zero-order valence-corrected chi connectivity index (χ0v) is 11.4. The molecule has 2 N–H and O–H groups in total. The van der Waals surface area contributed by atoms with Gasteiger partial charge in [0.25, 0.3) is 5.91 Å². The number of hydrogen-bond acceptors (Lipinski definition) is 4. The Morgan fingerprint density at radius 1 is 1.40 bits per heavy atom. The Labute approximate surface area is 117 Å². The number of rotatable bonds is 7. The third kappa shape index (κ3) is 5.01. The van der Waals surface area contributed by atoms with Gasteiger partial charge < -0.3 is 19.9 Å². The van der Waals surface area contributed by atoms with Gasteiger partial charge in [-0.05, 0) is 25.1 Å². The highest BCUT2D eigenvalue weighted by Gasteiger charge is 2.07. The number of methoxy groups -OCH3 is 1. The van der Waals surface area contributed by atoms with Crippen LogP contribution in [0, 0.1) is 0 Å². The average Bonchev–Trinajstić information content (AvgIpc) is 2.43. The van der Waals surface area contributed by atoms with E-state index in [1.807, 2.05) is 6.92 Å². The second-order valence-corrected chi connectivity index (χ2v) is 3.82. The Morgan fingerprint density at radius 3 is 2.75 bits per heavy atom. The lowest BCUT2D eigenvalue weighted by Crippen LogP contribution is -2.28. The molecule has 0 saturated carbocycles. The van der Waals surface area contributed by atoms with Crippen molar-refractivity contribution in [1.29, 1.82) is 0 Å². The first-order valence-electron chi connectivity index (χ1n) is 6.05. The van der Waals surface area contributed by atoms with Crippen LogP contribution in [0.3, 0.4) is 0 Å². The second kappa shape index (κ2) is 7.83. The lowest BCUT2D eigenvalue weighted by molar-refractivity contribution is -0.131. The SMILES string of the molecule is CCNC(=O)COc1cc(OC)ccc1/C=C/C(=O)O. The summed E-state index contributed by atoms with van der Waals surface area (Å²) in [7, 11) is 1.51. The van der Waals surface area contributed by atoms with Gasteiger partial charge in [0.2, 0.25) is 0 Å². The summed E-state index contributed by atoms with van der Waals surface area (Å²) in [5.74, 6) is -0.365. The fourth-order valence-electron chi connectivity index (χ4n) is 1.46. The molecule has 0 atom stereocenters. The molecule has 6 heteroatoms. The summed E-state index contributed by atoms with van der Waals surface area (Å²) in [6.45, 7) is 2.19. The molecule has 1 aromatic rings. The van der Waals surface area contributed by atoms with Gasteiger partial charge in [0.15, 0.2) is 6.61 Å². The number of ether oxygens (including phenoxy) is 2. The first-order chi connectivity index (χ1) is 9.56. The van der Waals surface area contributed by atoms with E-state index >= 15 is 0 Å². The number of amides is 1. The van der Waals surface area contributed by atoms with Gasteiger partial charge in [-0.2, -0.15) is 0 Å². The smallest absolute Gasteiger partial charge is 0.328 e. The van der Waals surface area contributed by atoms with Gasteiger partial charge in [-0.15, -0.1) is 0 Å². The van der Waals surface area contributed by atoms with Crippen molar-refractivity contribution >= 4 is 18.0 Å². The van der Waals surface area contributed by atoms with Crippen molar-refractivity contribution in [1.82, 2.24) is 5.32 Å². The van der Waals surface area contributed by atoms with Crippen LogP contribution < -0.4 is 14.8 Å². The minimum atomic E-state index is -1.06. The summed E-state index contributed by atoms with van der Waals surface area (Å²) in [4.78, 5) is 21.9. The fraction of sp³-hybridized carbons (Fsp3) is 0.286. The Bertz CT molecular complexity index is 510. The molecule has 1 rings (SSSR count). The third-order valence-electron chi connectivity index (χ3n) is 2.36. The van der Waals surface area contributed by atoms with Gasteiger partial charge in [-0.1, -0.05) is 0 Å². The van der Waals surface area contributed by atoms with Gasteiger partial charge in [-0.3, -0.25) is 4.79 Å². The van der Waals surface area contributed by atoms with Crippen molar-refractivity contribution in [2.24, 2.45) is 0 Å². The molecule has 108 valence electrons. The molecule has 0 aliphatic rings. The molecule has 1 amide bonds. The molecule has 1 aromatic carbocycles. The van der Waals surface area contributed by atoms with Crippen LogP contribution in [0.5, 0.6) is 11.5 Å². The maximum atomic E-state index is 11.4. The summed E-state index contributed by atoms with van der Waals surface area (Å²) in [5, 5.41) is 11.2. The Balaban J connectivity index is 2.88. The number of carbonyl (C=O) groups is 2. The molecule has 6 nitrogen and oxygen atoms in total. The standard InChI is InChI=1S/C14H17NO5/c1-3-15-13(16)9-20-12-8-11(19-2)6-4-10(12)5-7-14(17)18/h4-8H,3,9H2,1-2H3,(H,15,16)(H,17,18)/b7-5+. The maximum absolute atomic E-state index is 11.4. The molecule has 0 unspecified atom stereocenters. The van der Waals surface area contributed by atoms with E-state index in [9.17, 15) is 9.59 Å². The van der Waals surface area contributed by atoms with Crippen molar-refractivity contribution < 1.29 is 24.2 Å². The zero-order valence-electron chi connectivity index (χ0n) is 11.4. The minimum absolute atomic E-state index is 0.144. The molecule has 0 aliphatic heterocycles. The van der Waals surface area contributed by atoms with E-state index in [2.05, 4.69) is 5.32 Å². The van der Waals surface area contributed by atoms with E-state index in [-0.39, 0.29) is 12.5 Å². The topological polar surface area (TPSA) is 84.9 Å². The molecule has 0 bridgehead atoms. The van der Waals surface area contributed by atoms with Crippen molar-refractivity contribution in [3.63, 3.8) is 0 Å². The van der Waals surface area contributed by atoms with E-state index in [1.165, 1.54) is 13.2 Å². The molecule has 20 heavy (non-hydrogen) atoms. The highest BCUT2D eigenvalue weighted by Crippen LogP contribution is 2.26. The number of likely N-dealkylation sites (N-methyl/N-ethyl adjacent to an activating group) is 1. The van der Waals surface area contributed by atoms with Gasteiger partial charge in [0.1, 0.15) is 11.5 Å². The number of carboxylic acids is 1. The molecule has 0 saturated heterocycles. The van der Waals surface area contributed by atoms with Crippen LogP contribution in [0.4, 0.5) is 0 Å². The van der Waals surface area contributed by atoms with Crippen molar-refractivity contribution in [3.8, 4) is 11.5 Å². The summed E-state index contributed by atoms with van der Waals surface area (Å²) in [6.07, 6.45) is 2.40. The summed E-state index contributed by atoms with van der Waals surface area (Å²) in [6, 6.07) is 4.94. The molecular weight excluding hydrogens is 262 g/mol. The normalized spacial score (nSPS) is 10.3. The van der Waals surface area contributed by atoms with Gasteiger partial charge in [0, 0.05) is 24.3 Å². The number of hydrogen-bond donors (Lipinski definition) is 2. The van der Waals surface area contributed by atoms with Gasteiger partial charge in [0.05, 0.1) is 7.11 Å². The quantitative estimate of drug-likeness (QED) is 0.735. The monoisotopic (exact) mass is 279 g/mol. The number of carboxylic acid groups (broad SMARTS) is 1. The fourth-order valence-corrected chi connectivity index (χ4v) is 1.46. The van der Waals surface area contributed by atoms with Crippen molar-refractivity contribution in [3.05, 3.63) is 29.8 Å². The largest absolute Gasteiger partial charge is 0.497 e. The average molecular weight is 279 g/mol. The predicted molar refractivity (Wildman–Crippen MR) is 73.8 cm³/mol.